The first-order valence-corrected chi connectivity index (χ1v) is 5.11. The van der Waals surface area contributed by atoms with Crippen LogP contribution in [0.4, 0.5) is 5.69 Å². The third-order valence-corrected chi connectivity index (χ3v) is 3.15. The molecule has 0 saturated heterocycles. The lowest BCUT2D eigenvalue weighted by Gasteiger charge is -2.19. The summed E-state index contributed by atoms with van der Waals surface area (Å²) in [6.45, 7) is 0. The number of rotatable bonds is 0. The smallest absolute Gasteiger partial charge is 0.0667 e. The molecule has 1 atom stereocenters. The Morgan fingerprint density at radius 2 is 2.00 bits per heavy atom. The summed E-state index contributed by atoms with van der Waals surface area (Å²) < 4.78 is 0. The number of benzene rings is 1. The SMILES string of the molecule is Cl.c1ccc2c(c1)N=C1CCCCC12. The van der Waals surface area contributed by atoms with Crippen molar-refractivity contribution in [2.75, 3.05) is 0 Å². The number of aliphatic imine (C=N–C) groups is 1. The van der Waals surface area contributed by atoms with Gasteiger partial charge in [0.2, 0.25) is 0 Å². The molecular weight excluding hydrogens is 194 g/mol. The van der Waals surface area contributed by atoms with Crippen molar-refractivity contribution in [3.05, 3.63) is 29.8 Å². The maximum absolute atomic E-state index is 4.69. The van der Waals surface area contributed by atoms with Crippen molar-refractivity contribution in [1.29, 1.82) is 0 Å². The Morgan fingerprint density at radius 3 is 2.93 bits per heavy atom. The summed E-state index contributed by atoms with van der Waals surface area (Å²) in [5.74, 6) is 0.671. The van der Waals surface area contributed by atoms with Gasteiger partial charge in [-0.15, -0.1) is 12.4 Å². The molecule has 0 spiro atoms. The zero-order valence-electron chi connectivity index (χ0n) is 8.07. The molecule has 14 heavy (non-hydrogen) atoms. The topological polar surface area (TPSA) is 12.4 Å². The van der Waals surface area contributed by atoms with Gasteiger partial charge in [0, 0.05) is 11.6 Å². The van der Waals surface area contributed by atoms with E-state index in [4.69, 9.17) is 4.99 Å². The van der Waals surface area contributed by atoms with Gasteiger partial charge in [0.1, 0.15) is 0 Å². The van der Waals surface area contributed by atoms with Crippen LogP contribution in [0.25, 0.3) is 0 Å². The van der Waals surface area contributed by atoms with Crippen LogP contribution in [0.1, 0.15) is 37.2 Å². The summed E-state index contributed by atoms with van der Waals surface area (Å²) in [4.78, 5) is 4.69. The Morgan fingerprint density at radius 1 is 1.14 bits per heavy atom. The van der Waals surface area contributed by atoms with Crippen molar-refractivity contribution in [3.63, 3.8) is 0 Å². The lowest BCUT2D eigenvalue weighted by atomic mass is 9.84. The third kappa shape index (κ3) is 1.36. The first-order valence-electron chi connectivity index (χ1n) is 5.11. The molecule has 1 saturated carbocycles. The zero-order chi connectivity index (χ0) is 8.67. The lowest BCUT2D eigenvalue weighted by molar-refractivity contribution is 0.621. The van der Waals surface area contributed by atoms with E-state index in [-0.39, 0.29) is 12.4 Å². The minimum atomic E-state index is 0. The van der Waals surface area contributed by atoms with E-state index in [0.717, 1.165) is 0 Å². The predicted molar refractivity (Wildman–Crippen MR) is 62.0 cm³/mol. The van der Waals surface area contributed by atoms with Crippen molar-refractivity contribution >= 4 is 23.8 Å². The molecule has 74 valence electrons. The summed E-state index contributed by atoms with van der Waals surface area (Å²) in [7, 11) is 0. The Bertz CT molecular complexity index is 370. The third-order valence-electron chi connectivity index (χ3n) is 3.15. The number of nitrogens with zero attached hydrogens (tertiary/aromatic N) is 1. The van der Waals surface area contributed by atoms with Gasteiger partial charge in [-0.3, -0.25) is 4.99 Å². The highest BCUT2D eigenvalue weighted by atomic mass is 35.5. The first kappa shape index (κ1) is 9.72. The number of hydrogen-bond donors (Lipinski definition) is 0. The highest BCUT2D eigenvalue weighted by Crippen LogP contribution is 2.41. The maximum atomic E-state index is 4.69. The number of hydrogen-bond acceptors (Lipinski definition) is 1. The second-order valence-electron chi connectivity index (χ2n) is 3.96. The van der Waals surface area contributed by atoms with Gasteiger partial charge in [0.05, 0.1) is 5.69 Å². The van der Waals surface area contributed by atoms with Gasteiger partial charge in [-0.1, -0.05) is 24.6 Å². The molecule has 3 rings (SSSR count). The minimum Gasteiger partial charge on any atom is -0.257 e. The van der Waals surface area contributed by atoms with Crippen molar-refractivity contribution in [2.24, 2.45) is 4.99 Å². The molecule has 1 unspecified atom stereocenters. The largest absolute Gasteiger partial charge is 0.257 e. The Hall–Kier alpha value is -0.820. The zero-order valence-corrected chi connectivity index (χ0v) is 8.89. The van der Waals surface area contributed by atoms with E-state index in [1.54, 1.807) is 0 Å². The standard InChI is InChI=1S/C12H13N.ClH/c1-3-7-11-9(5-1)10-6-2-4-8-12(10)13-11;/h1,3,5,7,10H,2,4,6,8H2;1H. The Balaban J connectivity index is 0.000000750. The number of fused-ring (bicyclic) bond motifs is 3. The van der Waals surface area contributed by atoms with Gasteiger partial charge in [0.15, 0.2) is 0 Å². The summed E-state index contributed by atoms with van der Waals surface area (Å²) in [5, 5.41) is 0. The predicted octanol–water partition coefficient (Wildman–Crippen LogP) is 3.85. The molecule has 1 aromatic rings. The molecule has 1 aromatic carbocycles. The van der Waals surface area contributed by atoms with E-state index >= 15 is 0 Å². The monoisotopic (exact) mass is 207 g/mol. The fourth-order valence-corrected chi connectivity index (χ4v) is 2.50. The van der Waals surface area contributed by atoms with Gasteiger partial charge in [-0.25, -0.2) is 0 Å². The molecule has 0 radical (unpaired) electrons. The van der Waals surface area contributed by atoms with E-state index in [0.29, 0.717) is 5.92 Å². The Kier molecular flexibility index (Phi) is 2.60. The van der Waals surface area contributed by atoms with Crippen molar-refractivity contribution in [2.45, 2.75) is 31.6 Å². The van der Waals surface area contributed by atoms with Crippen LogP contribution in [0.3, 0.4) is 0 Å². The van der Waals surface area contributed by atoms with Crippen LogP contribution in [0.15, 0.2) is 29.3 Å². The molecule has 1 heterocycles. The second kappa shape index (κ2) is 3.74. The first-order chi connectivity index (χ1) is 6.45. The molecule has 2 heteroatoms. The van der Waals surface area contributed by atoms with Gasteiger partial charge < -0.3 is 0 Å². The molecule has 2 aliphatic rings. The summed E-state index contributed by atoms with van der Waals surface area (Å²) in [6.07, 6.45) is 5.25. The van der Waals surface area contributed by atoms with Crippen LogP contribution in [0, 0.1) is 0 Å². The van der Waals surface area contributed by atoms with E-state index in [2.05, 4.69) is 24.3 Å². The fourth-order valence-electron chi connectivity index (χ4n) is 2.50. The highest BCUT2D eigenvalue weighted by Gasteiger charge is 2.28. The average molecular weight is 208 g/mol. The van der Waals surface area contributed by atoms with Crippen LogP contribution in [0.2, 0.25) is 0 Å². The second-order valence-corrected chi connectivity index (χ2v) is 3.96. The molecule has 0 bridgehead atoms. The normalized spacial score (nSPS) is 23.1. The van der Waals surface area contributed by atoms with E-state index in [1.807, 2.05) is 0 Å². The Labute approximate surface area is 90.7 Å². The van der Waals surface area contributed by atoms with Gasteiger partial charge in [0.25, 0.3) is 0 Å². The molecule has 0 aromatic heterocycles. The van der Waals surface area contributed by atoms with Gasteiger partial charge in [-0.05, 0) is 30.9 Å². The molecule has 1 aliphatic carbocycles. The summed E-state index contributed by atoms with van der Waals surface area (Å²) in [6, 6.07) is 8.59. The average Bonchev–Trinajstić information content (AvgIpc) is 2.56. The van der Waals surface area contributed by atoms with Crippen LogP contribution in [-0.2, 0) is 0 Å². The van der Waals surface area contributed by atoms with Crippen LogP contribution in [0.5, 0.6) is 0 Å². The van der Waals surface area contributed by atoms with Crippen LogP contribution < -0.4 is 0 Å². The quantitative estimate of drug-likeness (QED) is 0.613. The van der Waals surface area contributed by atoms with E-state index < -0.39 is 0 Å². The minimum absolute atomic E-state index is 0. The summed E-state index contributed by atoms with van der Waals surface area (Å²) in [5.41, 5.74) is 4.13. The molecule has 0 amide bonds. The van der Waals surface area contributed by atoms with Crippen molar-refractivity contribution < 1.29 is 0 Å². The number of para-hydroxylation sites is 1. The molecule has 0 N–H and O–H groups in total. The molecular formula is C12H14ClN. The van der Waals surface area contributed by atoms with Gasteiger partial charge in [-0.2, -0.15) is 0 Å². The summed E-state index contributed by atoms with van der Waals surface area (Å²) >= 11 is 0. The lowest BCUT2D eigenvalue weighted by Crippen LogP contribution is -2.13. The van der Waals surface area contributed by atoms with E-state index in [9.17, 15) is 0 Å². The fraction of sp³-hybridized carbons (Fsp3) is 0.417. The van der Waals surface area contributed by atoms with Crippen LogP contribution >= 0.6 is 12.4 Å². The molecule has 1 aliphatic heterocycles. The molecule has 1 nitrogen and oxygen atoms in total. The van der Waals surface area contributed by atoms with E-state index in [1.165, 1.54) is 42.6 Å². The van der Waals surface area contributed by atoms with Crippen molar-refractivity contribution in [1.82, 2.24) is 0 Å². The number of halogens is 1. The van der Waals surface area contributed by atoms with Crippen molar-refractivity contribution in [3.8, 4) is 0 Å². The maximum Gasteiger partial charge on any atom is 0.0667 e. The van der Waals surface area contributed by atoms with Crippen LogP contribution in [-0.4, -0.2) is 5.71 Å². The molecule has 1 fully saturated rings. The van der Waals surface area contributed by atoms with Gasteiger partial charge >= 0.3 is 0 Å². The highest BCUT2D eigenvalue weighted by molar-refractivity contribution is 5.98.